The van der Waals surface area contributed by atoms with Crippen LogP contribution in [0.2, 0.25) is 5.02 Å². The molecule has 0 bridgehead atoms. The lowest BCUT2D eigenvalue weighted by molar-refractivity contribution is 0.426. The van der Waals surface area contributed by atoms with Crippen molar-refractivity contribution >= 4 is 34.2 Å². The Hall–Kier alpha value is -0.690. The summed E-state index contributed by atoms with van der Waals surface area (Å²) in [5, 5.41) is 4.16. The molecule has 0 aliphatic heterocycles. The van der Waals surface area contributed by atoms with Crippen molar-refractivity contribution in [3.63, 3.8) is 0 Å². The molecule has 0 aromatic carbocycles. The van der Waals surface area contributed by atoms with Gasteiger partial charge >= 0.3 is 0 Å². The fraction of sp³-hybridized carbons (Fsp3) is 0. The minimum absolute atomic E-state index is 0.414. The van der Waals surface area contributed by atoms with Crippen molar-refractivity contribution in [1.29, 1.82) is 0 Å². The maximum absolute atomic E-state index is 5.88. The number of halogens is 2. The highest BCUT2D eigenvalue weighted by Gasteiger charge is 2.09. The molecular formula is C7H3ClIN3O. The Morgan fingerprint density at radius 2 is 2.31 bits per heavy atom. The second kappa shape index (κ2) is 3.59. The zero-order valence-corrected chi connectivity index (χ0v) is 9.15. The summed E-state index contributed by atoms with van der Waals surface area (Å²) in [4.78, 5) is 7.89. The van der Waals surface area contributed by atoms with Crippen molar-refractivity contribution in [2.45, 2.75) is 0 Å². The molecule has 0 aliphatic carbocycles. The Morgan fingerprint density at radius 1 is 1.46 bits per heavy atom. The molecule has 0 saturated carbocycles. The largest absolute Gasteiger partial charge is 0.333 e. The number of hydrogen-bond acceptors (Lipinski definition) is 4. The van der Waals surface area contributed by atoms with E-state index in [4.69, 9.17) is 16.1 Å². The van der Waals surface area contributed by atoms with Crippen LogP contribution in [0.5, 0.6) is 0 Å². The second-order valence-electron chi connectivity index (χ2n) is 2.22. The average Bonchev–Trinajstić information content (AvgIpc) is 2.53. The predicted molar refractivity (Wildman–Crippen MR) is 55.3 cm³/mol. The van der Waals surface area contributed by atoms with Gasteiger partial charge in [-0.3, -0.25) is 4.98 Å². The van der Waals surface area contributed by atoms with E-state index in [9.17, 15) is 0 Å². The van der Waals surface area contributed by atoms with Gasteiger partial charge in [-0.25, -0.2) is 0 Å². The third-order valence-electron chi connectivity index (χ3n) is 1.40. The van der Waals surface area contributed by atoms with Crippen molar-refractivity contribution in [2.75, 3.05) is 0 Å². The molecule has 0 N–H and O–H groups in total. The summed E-state index contributed by atoms with van der Waals surface area (Å²) in [6.45, 7) is 0. The van der Waals surface area contributed by atoms with E-state index in [0.717, 1.165) is 0 Å². The van der Waals surface area contributed by atoms with E-state index >= 15 is 0 Å². The summed E-state index contributed by atoms with van der Waals surface area (Å²) in [5.74, 6) is 0.414. The van der Waals surface area contributed by atoms with Gasteiger partial charge in [0.15, 0.2) is 0 Å². The van der Waals surface area contributed by atoms with Gasteiger partial charge in [0.1, 0.15) is 0 Å². The van der Waals surface area contributed by atoms with Crippen LogP contribution in [0.4, 0.5) is 0 Å². The molecule has 2 aromatic heterocycles. The normalized spacial score (nSPS) is 10.3. The highest BCUT2D eigenvalue weighted by Crippen LogP contribution is 2.24. The summed E-state index contributed by atoms with van der Waals surface area (Å²) in [6.07, 6.45) is 3.16. The first kappa shape index (κ1) is 8.89. The van der Waals surface area contributed by atoms with Crippen molar-refractivity contribution in [1.82, 2.24) is 15.1 Å². The summed E-state index contributed by atoms with van der Waals surface area (Å²) in [6, 6.07) is 1.73. The van der Waals surface area contributed by atoms with E-state index in [0.29, 0.717) is 20.3 Å². The van der Waals surface area contributed by atoms with Crippen molar-refractivity contribution < 1.29 is 4.52 Å². The molecule has 0 unspecified atom stereocenters. The first-order chi connectivity index (χ1) is 6.27. The SMILES string of the molecule is Clc1cnccc1-c1nc(I)no1. The third-order valence-corrected chi connectivity index (χ3v) is 2.14. The van der Waals surface area contributed by atoms with Crippen LogP contribution in [-0.2, 0) is 0 Å². The van der Waals surface area contributed by atoms with Crippen molar-refractivity contribution in [3.05, 3.63) is 27.3 Å². The molecule has 2 aromatic rings. The Kier molecular flexibility index (Phi) is 2.45. The van der Waals surface area contributed by atoms with Crippen molar-refractivity contribution in [3.8, 4) is 11.5 Å². The van der Waals surface area contributed by atoms with Gasteiger partial charge < -0.3 is 4.52 Å². The molecule has 0 aliphatic rings. The highest BCUT2D eigenvalue weighted by molar-refractivity contribution is 14.1. The number of aromatic nitrogens is 3. The van der Waals surface area contributed by atoms with Crippen LogP contribution in [-0.4, -0.2) is 15.1 Å². The molecule has 66 valence electrons. The number of hydrogen-bond donors (Lipinski definition) is 0. The number of rotatable bonds is 1. The van der Waals surface area contributed by atoms with E-state index in [1.54, 1.807) is 12.3 Å². The van der Waals surface area contributed by atoms with E-state index in [2.05, 4.69) is 15.1 Å². The molecule has 2 heterocycles. The van der Waals surface area contributed by atoms with Gasteiger partial charge in [-0.15, -0.1) is 0 Å². The summed E-state index contributed by atoms with van der Waals surface area (Å²) in [7, 11) is 0. The molecule has 13 heavy (non-hydrogen) atoms. The summed E-state index contributed by atoms with van der Waals surface area (Å²) >= 11 is 7.84. The molecular weight excluding hydrogens is 304 g/mol. The van der Waals surface area contributed by atoms with Gasteiger partial charge in [-0.05, 0) is 6.07 Å². The van der Waals surface area contributed by atoms with E-state index in [1.807, 2.05) is 22.6 Å². The Labute approximate surface area is 92.5 Å². The lowest BCUT2D eigenvalue weighted by atomic mass is 10.3. The smallest absolute Gasteiger partial charge is 0.260 e. The highest BCUT2D eigenvalue weighted by atomic mass is 127. The second-order valence-corrected chi connectivity index (χ2v) is 3.60. The van der Waals surface area contributed by atoms with Crippen LogP contribution in [0.1, 0.15) is 0 Å². The lowest BCUT2D eigenvalue weighted by Crippen LogP contribution is -1.80. The molecule has 0 spiro atoms. The molecule has 0 fully saturated rings. The molecule has 0 saturated heterocycles. The third kappa shape index (κ3) is 1.80. The minimum atomic E-state index is 0.414. The van der Waals surface area contributed by atoms with Gasteiger partial charge in [0.25, 0.3) is 5.89 Å². The molecule has 0 amide bonds. The zero-order valence-electron chi connectivity index (χ0n) is 6.24. The van der Waals surface area contributed by atoms with Crippen LogP contribution in [0.15, 0.2) is 23.0 Å². The molecule has 0 atom stereocenters. The first-order valence-corrected chi connectivity index (χ1v) is 4.82. The fourth-order valence-electron chi connectivity index (χ4n) is 0.864. The molecule has 6 heteroatoms. The van der Waals surface area contributed by atoms with Crippen LogP contribution in [0.25, 0.3) is 11.5 Å². The molecule has 2 rings (SSSR count). The number of pyridine rings is 1. The monoisotopic (exact) mass is 307 g/mol. The average molecular weight is 307 g/mol. The quantitative estimate of drug-likeness (QED) is 0.759. The minimum Gasteiger partial charge on any atom is -0.333 e. The maximum Gasteiger partial charge on any atom is 0.260 e. The number of nitrogens with zero attached hydrogens (tertiary/aromatic N) is 3. The van der Waals surface area contributed by atoms with Crippen LogP contribution >= 0.6 is 34.2 Å². The van der Waals surface area contributed by atoms with Gasteiger partial charge in [0, 0.05) is 35.0 Å². The summed E-state index contributed by atoms with van der Waals surface area (Å²) < 4.78 is 5.51. The Balaban J connectivity index is 2.52. The van der Waals surface area contributed by atoms with Gasteiger partial charge in [0.2, 0.25) is 3.83 Å². The van der Waals surface area contributed by atoms with Crippen LogP contribution in [0, 0.1) is 3.83 Å². The standard InChI is InChI=1S/C7H3ClIN3O/c8-5-3-10-2-1-4(5)6-11-7(9)12-13-6/h1-3H. The van der Waals surface area contributed by atoms with Crippen molar-refractivity contribution in [2.24, 2.45) is 0 Å². The maximum atomic E-state index is 5.88. The lowest BCUT2D eigenvalue weighted by Gasteiger charge is -1.94. The van der Waals surface area contributed by atoms with Gasteiger partial charge in [-0.2, -0.15) is 4.98 Å². The van der Waals surface area contributed by atoms with Crippen LogP contribution < -0.4 is 0 Å². The molecule has 4 nitrogen and oxygen atoms in total. The van der Waals surface area contributed by atoms with Gasteiger partial charge in [-0.1, -0.05) is 16.8 Å². The first-order valence-electron chi connectivity index (χ1n) is 3.36. The Bertz CT molecular complexity index is 431. The molecule has 0 radical (unpaired) electrons. The van der Waals surface area contributed by atoms with Gasteiger partial charge in [0.05, 0.1) is 10.6 Å². The zero-order chi connectivity index (χ0) is 9.26. The topological polar surface area (TPSA) is 51.8 Å². The van der Waals surface area contributed by atoms with E-state index in [1.165, 1.54) is 6.20 Å². The predicted octanol–water partition coefficient (Wildman–Crippen LogP) is 2.39. The summed E-state index contributed by atoms with van der Waals surface area (Å²) in [5.41, 5.74) is 0.701. The van der Waals surface area contributed by atoms with Crippen LogP contribution in [0.3, 0.4) is 0 Å². The van der Waals surface area contributed by atoms with E-state index < -0.39 is 0 Å². The van der Waals surface area contributed by atoms with E-state index in [-0.39, 0.29) is 0 Å². The Morgan fingerprint density at radius 3 is 2.92 bits per heavy atom. The fourth-order valence-corrected chi connectivity index (χ4v) is 1.38.